The van der Waals surface area contributed by atoms with Crippen LogP contribution in [-0.2, 0) is 0 Å². The molecule has 1 heterocycles. The SMILES string of the molecule is CC1CN(c2cccc(Br)c2)CC(CCN)N1C. The van der Waals surface area contributed by atoms with Crippen molar-refractivity contribution in [3.63, 3.8) is 0 Å². The highest BCUT2D eigenvalue weighted by atomic mass is 79.9. The third-order valence-electron chi connectivity index (χ3n) is 3.86. The lowest BCUT2D eigenvalue weighted by molar-refractivity contribution is 0.152. The van der Waals surface area contributed by atoms with Crippen LogP contribution in [0, 0.1) is 0 Å². The lowest BCUT2D eigenvalue weighted by Gasteiger charge is -2.45. The molecule has 18 heavy (non-hydrogen) atoms. The van der Waals surface area contributed by atoms with E-state index in [9.17, 15) is 0 Å². The van der Waals surface area contributed by atoms with E-state index in [-0.39, 0.29) is 0 Å². The zero-order valence-electron chi connectivity index (χ0n) is 11.1. The van der Waals surface area contributed by atoms with Crippen molar-refractivity contribution in [3.8, 4) is 0 Å². The number of hydrogen-bond acceptors (Lipinski definition) is 3. The monoisotopic (exact) mass is 311 g/mol. The molecule has 100 valence electrons. The molecule has 0 radical (unpaired) electrons. The highest BCUT2D eigenvalue weighted by molar-refractivity contribution is 9.10. The van der Waals surface area contributed by atoms with E-state index in [0.717, 1.165) is 30.5 Å². The van der Waals surface area contributed by atoms with E-state index in [1.54, 1.807) is 0 Å². The summed E-state index contributed by atoms with van der Waals surface area (Å²) in [5, 5.41) is 0. The van der Waals surface area contributed by atoms with Crippen LogP contribution in [-0.4, -0.2) is 43.7 Å². The van der Waals surface area contributed by atoms with Gasteiger partial charge in [0.05, 0.1) is 0 Å². The summed E-state index contributed by atoms with van der Waals surface area (Å²) >= 11 is 3.54. The van der Waals surface area contributed by atoms with Gasteiger partial charge in [-0.3, -0.25) is 4.90 Å². The molecule has 0 spiro atoms. The minimum absolute atomic E-state index is 0.553. The summed E-state index contributed by atoms with van der Waals surface area (Å²) in [5.74, 6) is 0. The molecule has 1 fully saturated rings. The Kier molecular flexibility index (Phi) is 4.65. The Hall–Kier alpha value is -0.580. The Bertz CT molecular complexity index is 396. The molecule has 1 aliphatic rings. The Morgan fingerprint density at radius 3 is 2.83 bits per heavy atom. The van der Waals surface area contributed by atoms with Crippen LogP contribution >= 0.6 is 15.9 Å². The van der Waals surface area contributed by atoms with E-state index < -0.39 is 0 Å². The van der Waals surface area contributed by atoms with Gasteiger partial charge < -0.3 is 10.6 Å². The first-order chi connectivity index (χ1) is 8.61. The molecule has 0 bridgehead atoms. The first-order valence-electron chi connectivity index (χ1n) is 6.54. The largest absolute Gasteiger partial charge is 0.368 e. The summed E-state index contributed by atoms with van der Waals surface area (Å²) in [4.78, 5) is 4.93. The minimum Gasteiger partial charge on any atom is -0.368 e. The van der Waals surface area contributed by atoms with Crippen molar-refractivity contribution in [2.75, 3.05) is 31.6 Å². The van der Waals surface area contributed by atoms with E-state index in [1.165, 1.54) is 5.69 Å². The van der Waals surface area contributed by atoms with Gasteiger partial charge in [0.2, 0.25) is 0 Å². The zero-order chi connectivity index (χ0) is 13.1. The zero-order valence-corrected chi connectivity index (χ0v) is 12.7. The topological polar surface area (TPSA) is 32.5 Å². The first-order valence-corrected chi connectivity index (χ1v) is 7.33. The molecule has 2 unspecified atom stereocenters. The number of hydrogen-bond donors (Lipinski definition) is 1. The van der Waals surface area contributed by atoms with Gasteiger partial charge in [0, 0.05) is 35.3 Å². The fourth-order valence-electron chi connectivity index (χ4n) is 2.64. The van der Waals surface area contributed by atoms with Crippen molar-refractivity contribution in [1.29, 1.82) is 0 Å². The standard InChI is InChI=1S/C14H22BrN3/c1-11-9-18(10-14(6-7-16)17(11)2)13-5-3-4-12(15)8-13/h3-5,8,11,14H,6-7,9-10,16H2,1-2H3. The molecule has 1 aromatic carbocycles. The van der Waals surface area contributed by atoms with Crippen molar-refractivity contribution in [3.05, 3.63) is 28.7 Å². The van der Waals surface area contributed by atoms with Gasteiger partial charge in [-0.05, 0) is 45.1 Å². The highest BCUT2D eigenvalue weighted by Gasteiger charge is 2.28. The van der Waals surface area contributed by atoms with Gasteiger partial charge in [-0.1, -0.05) is 22.0 Å². The fourth-order valence-corrected chi connectivity index (χ4v) is 3.02. The maximum absolute atomic E-state index is 5.72. The summed E-state index contributed by atoms with van der Waals surface area (Å²) in [6.45, 7) is 5.18. The smallest absolute Gasteiger partial charge is 0.0378 e. The summed E-state index contributed by atoms with van der Waals surface area (Å²) in [5.41, 5.74) is 7.02. The van der Waals surface area contributed by atoms with E-state index in [1.807, 2.05) is 0 Å². The minimum atomic E-state index is 0.553. The van der Waals surface area contributed by atoms with Crippen molar-refractivity contribution in [2.45, 2.75) is 25.4 Å². The molecule has 3 nitrogen and oxygen atoms in total. The van der Waals surface area contributed by atoms with Crippen LogP contribution in [0.5, 0.6) is 0 Å². The number of piperazine rings is 1. The Balaban J connectivity index is 2.14. The van der Waals surface area contributed by atoms with Crippen LogP contribution in [0.4, 0.5) is 5.69 Å². The van der Waals surface area contributed by atoms with Crippen LogP contribution in [0.15, 0.2) is 28.7 Å². The number of nitrogens with two attached hydrogens (primary N) is 1. The fraction of sp³-hybridized carbons (Fsp3) is 0.571. The van der Waals surface area contributed by atoms with Gasteiger partial charge >= 0.3 is 0 Å². The van der Waals surface area contributed by atoms with Gasteiger partial charge in [-0.2, -0.15) is 0 Å². The summed E-state index contributed by atoms with van der Waals surface area (Å²) in [6, 6.07) is 9.66. The molecule has 0 aromatic heterocycles. The Morgan fingerprint density at radius 1 is 1.39 bits per heavy atom. The van der Waals surface area contributed by atoms with Crippen molar-refractivity contribution in [1.82, 2.24) is 4.90 Å². The average molecular weight is 312 g/mol. The number of likely N-dealkylation sites (N-methyl/N-ethyl adjacent to an activating group) is 1. The highest BCUT2D eigenvalue weighted by Crippen LogP contribution is 2.25. The van der Waals surface area contributed by atoms with Crippen molar-refractivity contribution in [2.24, 2.45) is 5.73 Å². The first kappa shape index (κ1) is 13.8. The quantitative estimate of drug-likeness (QED) is 0.929. The molecule has 2 N–H and O–H groups in total. The summed E-state index contributed by atoms with van der Waals surface area (Å²) in [7, 11) is 2.21. The second kappa shape index (κ2) is 6.04. The van der Waals surface area contributed by atoms with E-state index in [0.29, 0.717) is 12.1 Å². The van der Waals surface area contributed by atoms with Crippen molar-refractivity contribution < 1.29 is 0 Å². The second-order valence-corrected chi connectivity index (χ2v) is 6.05. The van der Waals surface area contributed by atoms with Gasteiger partial charge in [0.1, 0.15) is 0 Å². The van der Waals surface area contributed by atoms with E-state index in [2.05, 4.69) is 64.0 Å². The third kappa shape index (κ3) is 3.05. The second-order valence-electron chi connectivity index (χ2n) is 5.13. The van der Waals surface area contributed by atoms with E-state index in [4.69, 9.17) is 5.73 Å². The van der Waals surface area contributed by atoms with Gasteiger partial charge in [-0.15, -0.1) is 0 Å². The molecule has 0 aliphatic carbocycles. The number of anilines is 1. The van der Waals surface area contributed by atoms with Crippen LogP contribution in [0.1, 0.15) is 13.3 Å². The average Bonchev–Trinajstić information content (AvgIpc) is 2.35. The lowest BCUT2D eigenvalue weighted by Crippen LogP contribution is -2.56. The normalized spacial score (nSPS) is 25.4. The van der Waals surface area contributed by atoms with Gasteiger partial charge in [0.25, 0.3) is 0 Å². The number of benzene rings is 1. The van der Waals surface area contributed by atoms with Crippen LogP contribution in [0.2, 0.25) is 0 Å². The number of nitrogens with zero attached hydrogens (tertiary/aromatic N) is 2. The predicted molar refractivity (Wildman–Crippen MR) is 81.0 cm³/mol. The van der Waals surface area contributed by atoms with Gasteiger partial charge in [-0.25, -0.2) is 0 Å². The molecule has 1 aromatic rings. The molecule has 1 aliphatic heterocycles. The van der Waals surface area contributed by atoms with Crippen LogP contribution in [0.25, 0.3) is 0 Å². The van der Waals surface area contributed by atoms with Crippen LogP contribution < -0.4 is 10.6 Å². The molecule has 0 saturated carbocycles. The molecule has 2 atom stereocenters. The van der Waals surface area contributed by atoms with E-state index >= 15 is 0 Å². The summed E-state index contributed by atoms with van der Waals surface area (Å²) in [6.07, 6.45) is 1.06. The molecular weight excluding hydrogens is 290 g/mol. The maximum Gasteiger partial charge on any atom is 0.0378 e. The van der Waals surface area contributed by atoms with Crippen molar-refractivity contribution >= 4 is 21.6 Å². The summed E-state index contributed by atoms with van der Waals surface area (Å²) < 4.78 is 1.14. The molecular formula is C14H22BrN3. The predicted octanol–water partition coefficient (Wildman–Crippen LogP) is 2.31. The van der Waals surface area contributed by atoms with Gasteiger partial charge in [0.15, 0.2) is 0 Å². The number of halogens is 1. The maximum atomic E-state index is 5.72. The molecule has 0 amide bonds. The molecule has 2 rings (SSSR count). The number of rotatable bonds is 3. The van der Waals surface area contributed by atoms with Crippen LogP contribution in [0.3, 0.4) is 0 Å². The molecule has 1 saturated heterocycles. The lowest BCUT2D eigenvalue weighted by atomic mass is 10.0. The Labute approximate surface area is 118 Å². The Morgan fingerprint density at radius 2 is 2.17 bits per heavy atom. The molecule has 4 heteroatoms. The third-order valence-corrected chi connectivity index (χ3v) is 4.35.